The summed E-state index contributed by atoms with van der Waals surface area (Å²) in [4.78, 5) is 16.3. The van der Waals surface area contributed by atoms with E-state index in [4.69, 9.17) is 16.3 Å². The fraction of sp³-hybridized carbons (Fsp3) is 0.200. The highest BCUT2D eigenvalue weighted by atomic mass is 35.5. The molecule has 0 bridgehead atoms. The monoisotopic (exact) mass is 275 g/mol. The molecular weight excluding hydrogens is 262 g/mol. The Kier molecular flexibility index (Phi) is 4.53. The van der Waals surface area contributed by atoms with Crippen molar-refractivity contribution in [1.82, 2.24) is 4.98 Å². The highest BCUT2D eigenvalue weighted by Crippen LogP contribution is 2.17. The van der Waals surface area contributed by atoms with Crippen LogP contribution in [0.1, 0.15) is 29.3 Å². The topological polar surface area (TPSA) is 39.2 Å². The quantitative estimate of drug-likeness (QED) is 0.780. The number of benzene rings is 1. The van der Waals surface area contributed by atoms with Gasteiger partial charge in [0.05, 0.1) is 12.8 Å². The molecule has 0 radical (unpaired) electrons. The van der Waals surface area contributed by atoms with Gasteiger partial charge in [-0.15, -0.1) is 0 Å². The molecule has 0 aliphatic rings. The molecule has 98 valence electrons. The van der Waals surface area contributed by atoms with Crippen molar-refractivity contribution < 1.29 is 9.53 Å². The van der Waals surface area contributed by atoms with Gasteiger partial charge in [-0.2, -0.15) is 0 Å². The molecular formula is C15H14ClNO2. The van der Waals surface area contributed by atoms with E-state index < -0.39 is 0 Å². The zero-order valence-corrected chi connectivity index (χ0v) is 11.4. The minimum atomic E-state index is -0.0916. The van der Waals surface area contributed by atoms with E-state index in [1.165, 1.54) is 6.20 Å². The van der Waals surface area contributed by atoms with Crippen molar-refractivity contribution in [1.29, 1.82) is 0 Å². The van der Waals surface area contributed by atoms with E-state index in [2.05, 4.69) is 4.98 Å². The van der Waals surface area contributed by atoms with Crippen LogP contribution in [0.25, 0.3) is 0 Å². The van der Waals surface area contributed by atoms with E-state index in [1.54, 1.807) is 36.5 Å². The number of hydrogen-bond acceptors (Lipinski definition) is 3. The first-order valence-electron chi connectivity index (χ1n) is 6.09. The van der Waals surface area contributed by atoms with Crippen LogP contribution in [0.15, 0.2) is 42.7 Å². The minimum Gasteiger partial charge on any atom is -0.492 e. The van der Waals surface area contributed by atoms with E-state index in [0.29, 0.717) is 28.5 Å². The summed E-state index contributed by atoms with van der Waals surface area (Å²) in [5.41, 5.74) is 1.09. The Balaban J connectivity index is 2.21. The average molecular weight is 276 g/mol. The van der Waals surface area contributed by atoms with Gasteiger partial charge in [-0.25, -0.2) is 0 Å². The van der Waals surface area contributed by atoms with Crippen molar-refractivity contribution in [3.05, 3.63) is 58.9 Å². The van der Waals surface area contributed by atoms with Gasteiger partial charge in [0.25, 0.3) is 0 Å². The smallest absolute Gasteiger partial charge is 0.194 e. The lowest BCUT2D eigenvalue weighted by Gasteiger charge is -2.06. The van der Waals surface area contributed by atoms with E-state index in [0.717, 1.165) is 6.42 Å². The van der Waals surface area contributed by atoms with Gasteiger partial charge in [-0.05, 0) is 36.8 Å². The molecule has 0 unspecified atom stereocenters. The van der Waals surface area contributed by atoms with Crippen molar-refractivity contribution in [2.75, 3.05) is 6.61 Å². The molecule has 0 spiro atoms. The number of carbonyl (C=O) groups is 1. The summed E-state index contributed by atoms with van der Waals surface area (Å²) in [6, 6.07) is 8.49. The fourth-order valence-electron chi connectivity index (χ4n) is 1.61. The number of carbonyl (C=O) groups excluding carboxylic acids is 1. The van der Waals surface area contributed by atoms with Crippen molar-refractivity contribution >= 4 is 17.4 Å². The van der Waals surface area contributed by atoms with Crippen LogP contribution in [0.2, 0.25) is 5.02 Å². The lowest BCUT2D eigenvalue weighted by atomic mass is 10.1. The van der Waals surface area contributed by atoms with Gasteiger partial charge in [0.1, 0.15) is 5.75 Å². The number of ether oxygens (including phenoxy) is 1. The maximum absolute atomic E-state index is 12.2. The normalized spacial score (nSPS) is 10.2. The first-order chi connectivity index (χ1) is 9.20. The van der Waals surface area contributed by atoms with E-state index >= 15 is 0 Å². The van der Waals surface area contributed by atoms with Crippen molar-refractivity contribution in [2.24, 2.45) is 0 Å². The van der Waals surface area contributed by atoms with E-state index in [9.17, 15) is 4.79 Å². The summed E-state index contributed by atoms with van der Waals surface area (Å²) in [6.07, 6.45) is 4.05. The molecule has 4 heteroatoms. The van der Waals surface area contributed by atoms with Gasteiger partial charge in [-0.3, -0.25) is 9.78 Å². The van der Waals surface area contributed by atoms with Crippen molar-refractivity contribution in [3.63, 3.8) is 0 Å². The van der Waals surface area contributed by atoms with Crippen LogP contribution in [0.3, 0.4) is 0 Å². The number of halogens is 1. The molecule has 0 aliphatic carbocycles. The summed E-state index contributed by atoms with van der Waals surface area (Å²) >= 11 is 5.80. The molecule has 0 aliphatic heterocycles. The second kappa shape index (κ2) is 6.34. The molecule has 0 N–H and O–H groups in total. The average Bonchev–Trinajstić information content (AvgIpc) is 2.45. The van der Waals surface area contributed by atoms with Crippen LogP contribution < -0.4 is 4.74 Å². The number of hydrogen-bond donors (Lipinski definition) is 0. The Morgan fingerprint density at radius 3 is 2.63 bits per heavy atom. The Morgan fingerprint density at radius 1 is 1.21 bits per heavy atom. The molecule has 0 atom stereocenters. The number of aromatic nitrogens is 1. The summed E-state index contributed by atoms with van der Waals surface area (Å²) in [5.74, 6) is 0.521. The number of pyridine rings is 1. The molecule has 0 fully saturated rings. The lowest BCUT2D eigenvalue weighted by molar-refractivity contribution is 0.103. The van der Waals surface area contributed by atoms with Crippen LogP contribution in [0.4, 0.5) is 0 Å². The Bertz CT molecular complexity index is 567. The van der Waals surface area contributed by atoms with Gasteiger partial charge in [0.15, 0.2) is 5.78 Å². The predicted molar refractivity (Wildman–Crippen MR) is 74.9 cm³/mol. The van der Waals surface area contributed by atoms with Crippen LogP contribution >= 0.6 is 11.6 Å². The third-order valence-electron chi connectivity index (χ3n) is 2.55. The third kappa shape index (κ3) is 3.55. The summed E-state index contributed by atoms with van der Waals surface area (Å²) < 4.78 is 5.47. The second-order valence-electron chi connectivity index (χ2n) is 4.09. The van der Waals surface area contributed by atoms with Crippen molar-refractivity contribution in [3.8, 4) is 5.75 Å². The summed E-state index contributed by atoms with van der Waals surface area (Å²) in [6.45, 7) is 2.64. The Hall–Kier alpha value is -1.87. The van der Waals surface area contributed by atoms with Gasteiger partial charge >= 0.3 is 0 Å². The molecule has 2 aromatic rings. The van der Waals surface area contributed by atoms with Gasteiger partial charge < -0.3 is 4.74 Å². The maximum Gasteiger partial charge on any atom is 0.194 e. The Labute approximate surface area is 117 Å². The van der Waals surface area contributed by atoms with Gasteiger partial charge in [-0.1, -0.05) is 18.5 Å². The number of ketones is 1. The molecule has 3 nitrogen and oxygen atoms in total. The van der Waals surface area contributed by atoms with Gasteiger partial charge in [0.2, 0.25) is 0 Å². The zero-order valence-electron chi connectivity index (χ0n) is 10.6. The number of rotatable bonds is 5. The van der Waals surface area contributed by atoms with Gasteiger partial charge in [0, 0.05) is 22.3 Å². The number of nitrogens with zero attached hydrogens (tertiary/aromatic N) is 1. The van der Waals surface area contributed by atoms with Crippen molar-refractivity contribution in [2.45, 2.75) is 13.3 Å². The molecule has 0 saturated carbocycles. The molecule has 1 aromatic carbocycles. The van der Waals surface area contributed by atoms with Crippen LogP contribution in [0, 0.1) is 0 Å². The lowest BCUT2D eigenvalue weighted by Crippen LogP contribution is -2.03. The standard InChI is InChI=1S/C15H14ClNO2/c1-2-7-19-14-8-12(9-17-10-14)15(18)11-3-5-13(16)6-4-11/h3-6,8-10H,2,7H2,1H3. The fourth-order valence-corrected chi connectivity index (χ4v) is 1.74. The minimum absolute atomic E-state index is 0.0916. The van der Waals surface area contributed by atoms with Crippen LogP contribution in [-0.2, 0) is 0 Å². The van der Waals surface area contributed by atoms with E-state index in [-0.39, 0.29) is 5.78 Å². The highest BCUT2D eigenvalue weighted by Gasteiger charge is 2.10. The second-order valence-corrected chi connectivity index (χ2v) is 4.53. The molecule has 0 amide bonds. The molecule has 1 aromatic heterocycles. The van der Waals surface area contributed by atoms with Crippen LogP contribution in [0.5, 0.6) is 5.75 Å². The first-order valence-corrected chi connectivity index (χ1v) is 6.46. The summed E-state index contributed by atoms with van der Waals surface area (Å²) in [5, 5.41) is 0.606. The molecule has 2 rings (SSSR count). The predicted octanol–water partition coefficient (Wildman–Crippen LogP) is 3.75. The largest absolute Gasteiger partial charge is 0.492 e. The molecule has 19 heavy (non-hydrogen) atoms. The summed E-state index contributed by atoms with van der Waals surface area (Å²) in [7, 11) is 0. The molecule has 0 saturated heterocycles. The highest BCUT2D eigenvalue weighted by molar-refractivity contribution is 6.30. The third-order valence-corrected chi connectivity index (χ3v) is 2.81. The zero-order chi connectivity index (χ0) is 13.7. The van der Waals surface area contributed by atoms with E-state index in [1.807, 2.05) is 6.92 Å². The molecule has 1 heterocycles. The first kappa shape index (κ1) is 13.6. The maximum atomic E-state index is 12.2. The SMILES string of the molecule is CCCOc1cncc(C(=O)c2ccc(Cl)cc2)c1. The Morgan fingerprint density at radius 2 is 1.95 bits per heavy atom. The van der Waals surface area contributed by atoms with Crippen LogP contribution in [-0.4, -0.2) is 17.4 Å².